The van der Waals surface area contributed by atoms with Crippen LogP contribution in [0.1, 0.15) is 0 Å². The number of nitro benzene ring substituents is 2. The minimum absolute atomic E-state index is 0.0396. The number of thiazole rings is 1. The third-order valence-electron chi connectivity index (χ3n) is 3.06. The Morgan fingerprint density at radius 1 is 0.885 bits per heavy atom. The van der Waals surface area contributed by atoms with Gasteiger partial charge in [-0.3, -0.25) is 20.2 Å². The van der Waals surface area contributed by atoms with E-state index < -0.39 is 9.85 Å². The van der Waals surface area contributed by atoms with Crippen LogP contribution < -0.4 is 3.71 Å². The van der Waals surface area contributed by atoms with Crippen molar-refractivity contribution in [3.8, 4) is 0 Å². The summed E-state index contributed by atoms with van der Waals surface area (Å²) in [6, 6.07) is 12.7. The Hall–Kier alpha value is -2.63. The third-order valence-corrected chi connectivity index (χ3v) is 6.26. The molecule has 0 radical (unpaired) electrons. The van der Waals surface area contributed by atoms with Gasteiger partial charge in [0, 0.05) is 47.6 Å². The molecule has 0 bridgehead atoms. The van der Waals surface area contributed by atoms with Gasteiger partial charge in [0.05, 0.1) is 9.85 Å². The Morgan fingerprint density at radius 3 is 1.81 bits per heavy atom. The van der Waals surface area contributed by atoms with Crippen LogP contribution in [-0.2, 0) is 0 Å². The monoisotopic (exact) mass is 406 g/mol. The summed E-state index contributed by atoms with van der Waals surface area (Å²) in [7, 11) is 0. The summed E-state index contributed by atoms with van der Waals surface area (Å²) in [5.74, 6) is 0. The van der Waals surface area contributed by atoms with E-state index in [2.05, 4.69) is 4.98 Å². The van der Waals surface area contributed by atoms with E-state index in [4.69, 9.17) is 0 Å². The molecule has 1 aromatic heterocycles. The van der Waals surface area contributed by atoms with Crippen molar-refractivity contribution in [2.45, 2.75) is 9.79 Å². The number of para-hydroxylation sites is 2. The lowest BCUT2D eigenvalue weighted by Gasteiger charge is -2.18. The molecule has 11 heteroatoms. The van der Waals surface area contributed by atoms with Crippen molar-refractivity contribution in [1.29, 1.82) is 0 Å². The fourth-order valence-corrected chi connectivity index (χ4v) is 4.87. The van der Waals surface area contributed by atoms with Crippen LogP contribution in [0.2, 0.25) is 0 Å². The van der Waals surface area contributed by atoms with Gasteiger partial charge in [0.1, 0.15) is 9.79 Å². The average Bonchev–Trinajstić information content (AvgIpc) is 3.16. The summed E-state index contributed by atoms with van der Waals surface area (Å²) in [6.45, 7) is 0. The maximum Gasteiger partial charge on any atom is 0.284 e. The van der Waals surface area contributed by atoms with Crippen LogP contribution in [0.15, 0.2) is 69.9 Å². The minimum atomic E-state index is -0.460. The molecule has 0 spiro atoms. The van der Waals surface area contributed by atoms with Crippen molar-refractivity contribution in [2.24, 2.45) is 0 Å². The van der Waals surface area contributed by atoms with E-state index in [0.717, 1.165) is 23.9 Å². The number of benzene rings is 2. The van der Waals surface area contributed by atoms with Crippen LogP contribution in [-0.4, -0.2) is 14.8 Å². The highest BCUT2D eigenvalue weighted by atomic mass is 32.2. The van der Waals surface area contributed by atoms with E-state index in [-0.39, 0.29) is 11.4 Å². The van der Waals surface area contributed by atoms with Gasteiger partial charge < -0.3 is 0 Å². The first-order valence-electron chi connectivity index (χ1n) is 7.08. The van der Waals surface area contributed by atoms with Gasteiger partial charge in [-0.15, -0.1) is 11.3 Å². The molecule has 2 aromatic carbocycles. The minimum Gasteiger partial charge on any atom is -0.258 e. The van der Waals surface area contributed by atoms with E-state index in [9.17, 15) is 20.2 Å². The summed E-state index contributed by atoms with van der Waals surface area (Å²) in [6.07, 6.45) is 1.60. The van der Waals surface area contributed by atoms with Gasteiger partial charge in [0.15, 0.2) is 0 Å². The Morgan fingerprint density at radius 2 is 1.38 bits per heavy atom. The molecule has 0 saturated heterocycles. The summed E-state index contributed by atoms with van der Waals surface area (Å²) in [5.41, 5.74) is -0.0792. The Bertz CT molecular complexity index is 877. The maximum atomic E-state index is 11.3. The average molecular weight is 406 g/mol. The van der Waals surface area contributed by atoms with Crippen molar-refractivity contribution in [3.05, 3.63) is 80.3 Å². The number of hydrogen-bond donors (Lipinski definition) is 0. The molecule has 132 valence electrons. The van der Waals surface area contributed by atoms with E-state index in [1.807, 2.05) is 0 Å². The Labute approximate surface area is 160 Å². The van der Waals surface area contributed by atoms with E-state index in [1.165, 1.54) is 23.5 Å². The Balaban J connectivity index is 1.96. The Kier molecular flexibility index (Phi) is 5.71. The molecular formula is C15H10N4O4S3. The molecule has 26 heavy (non-hydrogen) atoms. The highest BCUT2D eigenvalue weighted by Gasteiger charge is 2.23. The van der Waals surface area contributed by atoms with Crippen LogP contribution in [0.5, 0.6) is 0 Å². The van der Waals surface area contributed by atoms with Crippen molar-refractivity contribution in [2.75, 3.05) is 3.71 Å². The predicted octanol–water partition coefficient (Wildman–Crippen LogP) is 5.18. The first-order chi connectivity index (χ1) is 12.6. The largest absolute Gasteiger partial charge is 0.284 e. The van der Waals surface area contributed by atoms with Gasteiger partial charge in [0.2, 0.25) is 5.13 Å². The van der Waals surface area contributed by atoms with Crippen LogP contribution in [0.25, 0.3) is 0 Å². The van der Waals surface area contributed by atoms with E-state index in [0.29, 0.717) is 14.9 Å². The second-order valence-corrected chi connectivity index (χ2v) is 7.78. The van der Waals surface area contributed by atoms with Gasteiger partial charge in [0.25, 0.3) is 11.4 Å². The summed E-state index contributed by atoms with van der Waals surface area (Å²) in [4.78, 5) is 26.6. The van der Waals surface area contributed by atoms with Crippen LogP contribution >= 0.6 is 35.2 Å². The smallest absolute Gasteiger partial charge is 0.258 e. The SMILES string of the molecule is O=[N+]([O-])c1ccccc1SN(Sc1ccccc1[N+](=O)[O-])c1nccs1. The molecule has 0 atom stereocenters. The lowest BCUT2D eigenvalue weighted by molar-refractivity contribution is -0.387. The molecule has 0 unspecified atom stereocenters. The lowest BCUT2D eigenvalue weighted by atomic mass is 10.3. The number of aromatic nitrogens is 1. The second kappa shape index (κ2) is 8.17. The van der Waals surface area contributed by atoms with E-state index in [1.54, 1.807) is 51.7 Å². The molecule has 0 aliphatic carbocycles. The molecule has 0 N–H and O–H groups in total. The van der Waals surface area contributed by atoms with Gasteiger partial charge in [-0.2, -0.15) is 0 Å². The molecule has 8 nitrogen and oxygen atoms in total. The standard InChI is InChI=1S/C15H10N4O4S3/c20-17(21)11-5-1-3-7-13(11)25-19(15-16-9-10-24-15)26-14-8-4-2-6-12(14)18(22)23/h1-10H. The zero-order chi connectivity index (χ0) is 18.5. The van der Waals surface area contributed by atoms with Crippen LogP contribution in [0, 0.1) is 20.2 Å². The van der Waals surface area contributed by atoms with Crippen LogP contribution in [0.4, 0.5) is 16.5 Å². The summed E-state index contributed by atoms with van der Waals surface area (Å²) >= 11 is 3.52. The molecule has 0 amide bonds. The van der Waals surface area contributed by atoms with Crippen molar-refractivity contribution in [3.63, 3.8) is 0 Å². The molecule has 0 saturated carbocycles. The maximum absolute atomic E-state index is 11.3. The number of hydrogen-bond acceptors (Lipinski definition) is 9. The topological polar surface area (TPSA) is 102 Å². The molecular weight excluding hydrogens is 396 g/mol. The van der Waals surface area contributed by atoms with E-state index >= 15 is 0 Å². The number of nitro groups is 2. The third kappa shape index (κ3) is 4.12. The fraction of sp³-hybridized carbons (Fsp3) is 0. The summed E-state index contributed by atoms with van der Waals surface area (Å²) < 4.78 is 1.63. The predicted molar refractivity (Wildman–Crippen MR) is 102 cm³/mol. The molecule has 0 aliphatic rings. The van der Waals surface area contributed by atoms with Crippen molar-refractivity contribution < 1.29 is 9.85 Å². The van der Waals surface area contributed by atoms with Gasteiger partial charge in [-0.05, 0) is 12.1 Å². The first kappa shape index (κ1) is 18.2. The number of nitrogens with zero attached hydrogens (tertiary/aromatic N) is 4. The van der Waals surface area contributed by atoms with Gasteiger partial charge in [-0.25, -0.2) is 8.69 Å². The molecule has 0 aliphatic heterocycles. The number of rotatable bonds is 7. The van der Waals surface area contributed by atoms with Crippen molar-refractivity contribution in [1.82, 2.24) is 4.98 Å². The number of anilines is 1. The van der Waals surface area contributed by atoms with Gasteiger partial charge in [-0.1, -0.05) is 24.3 Å². The molecule has 0 fully saturated rings. The highest BCUT2D eigenvalue weighted by Crippen LogP contribution is 2.44. The molecule has 1 heterocycles. The van der Waals surface area contributed by atoms with Crippen LogP contribution in [0.3, 0.4) is 0 Å². The highest BCUT2D eigenvalue weighted by molar-refractivity contribution is 8.18. The second-order valence-electron chi connectivity index (χ2n) is 4.70. The first-order valence-corrected chi connectivity index (χ1v) is 9.51. The van der Waals surface area contributed by atoms with Crippen molar-refractivity contribution >= 4 is 51.7 Å². The molecule has 3 rings (SSSR count). The lowest BCUT2D eigenvalue weighted by Crippen LogP contribution is -2.05. The fourth-order valence-electron chi connectivity index (χ4n) is 1.95. The quantitative estimate of drug-likeness (QED) is 0.300. The van der Waals surface area contributed by atoms with Gasteiger partial charge >= 0.3 is 0 Å². The normalized spacial score (nSPS) is 10.5. The summed E-state index contributed by atoms with van der Waals surface area (Å²) in [5, 5.41) is 24.8. The molecule has 3 aromatic rings. The zero-order valence-corrected chi connectivity index (χ0v) is 15.4. The zero-order valence-electron chi connectivity index (χ0n) is 12.9.